The van der Waals surface area contributed by atoms with Crippen LogP contribution in [-0.2, 0) is 15.9 Å². The van der Waals surface area contributed by atoms with E-state index in [1.54, 1.807) is 0 Å². The fourth-order valence-corrected chi connectivity index (χ4v) is 2.90. The minimum Gasteiger partial charge on any atom is -0.355 e. The number of nitrogens with one attached hydrogen (secondary N) is 1. The molecule has 0 aromatic carbocycles. The molecule has 0 heterocycles. The maximum atomic E-state index is 12.3. The molecule has 1 aliphatic carbocycles. The first-order valence-electron chi connectivity index (χ1n) is 7.37. The zero-order valence-corrected chi connectivity index (χ0v) is 13.5. The quantitative estimate of drug-likeness (QED) is 0.606. The van der Waals surface area contributed by atoms with E-state index < -0.39 is 11.1 Å². The predicted molar refractivity (Wildman–Crippen MR) is 82.7 cm³/mol. The Balaban J connectivity index is 2.60. The maximum Gasteiger partial charge on any atom is 0.225 e. The van der Waals surface area contributed by atoms with E-state index in [0.29, 0.717) is 11.8 Å². The van der Waals surface area contributed by atoms with Crippen LogP contribution >= 0.6 is 0 Å². The number of allylic oxidation sites excluding steroid dienone is 2. The molecule has 0 radical (unpaired) electrons. The highest BCUT2D eigenvalue weighted by atomic mass is 32.2. The van der Waals surface area contributed by atoms with Crippen LogP contribution in [0.3, 0.4) is 0 Å². The second-order valence-electron chi connectivity index (χ2n) is 6.26. The number of carbonyl (C=O) groups is 1. The van der Waals surface area contributed by atoms with Gasteiger partial charge in [-0.05, 0) is 37.5 Å². The standard InChI is InChI=1S/C15H27NO3S/c1-12(2)13-6-4-5-8-15(3,9-7-13)14(17)16-10-11-20(18)19/h4,6,12-13H,5,7-11H2,1-3H3,(H,16,17)(H,18,19)/b6-4+. The summed E-state index contributed by atoms with van der Waals surface area (Å²) < 4.78 is 19.3. The molecule has 2 N–H and O–H groups in total. The highest BCUT2D eigenvalue weighted by molar-refractivity contribution is 7.79. The van der Waals surface area contributed by atoms with Crippen LogP contribution in [0.1, 0.15) is 46.5 Å². The van der Waals surface area contributed by atoms with Gasteiger partial charge in [0.05, 0.1) is 5.75 Å². The molecule has 0 aliphatic heterocycles. The molecule has 3 unspecified atom stereocenters. The van der Waals surface area contributed by atoms with E-state index in [4.69, 9.17) is 4.55 Å². The molecule has 5 heteroatoms. The van der Waals surface area contributed by atoms with Crippen molar-refractivity contribution in [2.24, 2.45) is 17.3 Å². The van der Waals surface area contributed by atoms with Gasteiger partial charge in [-0.3, -0.25) is 4.79 Å². The fourth-order valence-electron chi connectivity index (χ4n) is 2.63. The Morgan fingerprint density at radius 3 is 2.80 bits per heavy atom. The molecule has 0 saturated carbocycles. The SMILES string of the molecule is CC(C)C1/C=C/CCC(C)(C(=O)NCCS(=O)O)CC1. The summed E-state index contributed by atoms with van der Waals surface area (Å²) in [6.45, 7) is 6.70. The van der Waals surface area contributed by atoms with Gasteiger partial charge in [0.2, 0.25) is 5.91 Å². The van der Waals surface area contributed by atoms with E-state index in [-0.39, 0.29) is 23.6 Å². The molecule has 1 aliphatic rings. The lowest BCUT2D eigenvalue weighted by molar-refractivity contribution is -0.131. The summed E-state index contributed by atoms with van der Waals surface area (Å²) in [6.07, 6.45) is 8.12. The number of carbonyl (C=O) groups excluding carboxylic acids is 1. The lowest BCUT2D eigenvalue weighted by Crippen LogP contribution is -2.41. The van der Waals surface area contributed by atoms with Crippen molar-refractivity contribution in [2.75, 3.05) is 12.3 Å². The van der Waals surface area contributed by atoms with E-state index in [1.165, 1.54) is 0 Å². The molecule has 0 aromatic rings. The number of amides is 1. The fraction of sp³-hybridized carbons (Fsp3) is 0.800. The maximum absolute atomic E-state index is 12.3. The topological polar surface area (TPSA) is 66.4 Å². The van der Waals surface area contributed by atoms with Gasteiger partial charge in [0, 0.05) is 12.0 Å². The van der Waals surface area contributed by atoms with Crippen molar-refractivity contribution in [3.05, 3.63) is 12.2 Å². The molecule has 3 atom stereocenters. The van der Waals surface area contributed by atoms with Crippen LogP contribution in [0.25, 0.3) is 0 Å². The Morgan fingerprint density at radius 1 is 1.50 bits per heavy atom. The van der Waals surface area contributed by atoms with Gasteiger partial charge >= 0.3 is 0 Å². The monoisotopic (exact) mass is 301 g/mol. The number of rotatable bonds is 5. The Kier molecular flexibility index (Phi) is 6.89. The molecule has 0 saturated heterocycles. The van der Waals surface area contributed by atoms with Crippen molar-refractivity contribution in [1.29, 1.82) is 0 Å². The Hall–Kier alpha value is -0.680. The van der Waals surface area contributed by atoms with Crippen LogP contribution in [0.15, 0.2) is 12.2 Å². The second kappa shape index (κ2) is 7.93. The summed E-state index contributed by atoms with van der Waals surface area (Å²) in [5.74, 6) is 1.23. The van der Waals surface area contributed by atoms with Crippen LogP contribution in [0, 0.1) is 17.3 Å². The highest BCUT2D eigenvalue weighted by Gasteiger charge is 2.33. The molecule has 20 heavy (non-hydrogen) atoms. The molecule has 0 fully saturated rings. The zero-order valence-electron chi connectivity index (χ0n) is 12.7. The van der Waals surface area contributed by atoms with Gasteiger partial charge in [0.25, 0.3) is 0 Å². The Labute approximate surface area is 124 Å². The minimum absolute atomic E-state index is 0.0146. The number of hydrogen-bond acceptors (Lipinski definition) is 2. The molecule has 1 amide bonds. The zero-order chi connectivity index (χ0) is 15.2. The summed E-state index contributed by atoms with van der Waals surface area (Å²) in [5.41, 5.74) is -0.366. The van der Waals surface area contributed by atoms with Gasteiger partial charge in [0.15, 0.2) is 11.1 Å². The molecule has 4 nitrogen and oxygen atoms in total. The van der Waals surface area contributed by atoms with Crippen molar-refractivity contribution in [2.45, 2.75) is 46.5 Å². The van der Waals surface area contributed by atoms with E-state index in [1.807, 2.05) is 6.92 Å². The van der Waals surface area contributed by atoms with E-state index >= 15 is 0 Å². The van der Waals surface area contributed by atoms with Crippen molar-refractivity contribution < 1.29 is 13.6 Å². The summed E-state index contributed by atoms with van der Waals surface area (Å²) >= 11 is -1.84. The first-order chi connectivity index (χ1) is 9.35. The first-order valence-corrected chi connectivity index (χ1v) is 8.65. The van der Waals surface area contributed by atoms with Crippen molar-refractivity contribution in [3.63, 3.8) is 0 Å². The number of hydrogen-bond donors (Lipinski definition) is 2. The van der Waals surface area contributed by atoms with Crippen LogP contribution in [0.2, 0.25) is 0 Å². The average Bonchev–Trinajstić information content (AvgIpc) is 2.33. The van der Waals surface area contributed by atoms with Gasteiger partial charge in [-0.2, -0.15) is 0 Å². The summed E-state index contributed by atoms with van der Waals surface area (Å²) in [4.78, 5) is 12.3. The molecule has 0 spiro atoms. The third-order valence-corrected chi connectivity index (χ3v) is 4.80. The molecule has 0 aromatic heterocycles. The molecular formula is C15H27NO3S. The molecule has 1 rings (SSSR count). The van der Waals surface area contributed by atoms with Crippen molar-refractivity contribution in [1.82, 2.24) is 5.32 Å². The summed E-state index contributed by atoms with van der Waals surface area (Å²) in [7, 11) is 0. The summed E-state index contributed by atoms with van der Waals surface area (Å²) in [6, 6.07) is 0. The Morgan fingerprint density at radius 2 is 2.20 bits per heavy atom. The second-order valence-corrected chi connectivity index (χ2v) is 7.31. The average molecular weight is 301 g/mol. The van der Waals surface area contributed by atoms with Crippen LogP contribution < -0.4 is 5.32 Å². The van der Waals surface area contributed by atoms with Gasteiger partial charge in [-0.15, -0.1) is 0 Å². The van der Waals surface area contributed by atoms with E-state index in [0.717, 1.165) is 25.7 Å². The Bertz CT molecular complexity index is 381. The van der Waals surface area contributed by atoms with Crippen molar-refractivity contribution >= 4 is 17.0 Å². The lowest BCUT2D eigenvalue weighted by Gasteiger charge is -2.32. The smallest absolute Gasteiger partial charge is 0.225 e. The van der Waals surface area contributed by atoms with Crippen molar-refractivity contribution in [3.8, 4) is 0 Å². The van der Waals surface area contributed by atoms with Crippen LogP contribution in [0.4, 0.5) is 0 Å². The molecular weight excluding hydrogens is 274 g/mol. The molecule has 0 bridgehead atoms. The lowest BCUT2D eigenvalue weighted by atomic mass is 9.74. The van der Waals surface area contributed by atoms with E-state index in [2.05, 4.69) is 31.3 Å². The third-order valence-electron chi connectivity index (χ3n) is 4.24. The van der Waals surface area contributed by atoms with Gasteiger partial charge < -0.3 is 9.87 Å². The molecule has 116 valence electrons. The first kappa shape index (κ1) is 17.4. The van der Waals surface area contributed by atoms with Gasteiger partial charge in [0.1, 0.15) is 0 Å². The van der Waals surface area contributed by atoms with Crippen LogP contribution in [-0.4, -0.2) is 27.0 Å². The normalized spacial score (nSPS) is 30.4. The largest absolute Gasteiger partial charge is 0.355 e. The van der Waals surface area contributed by atoms with Gasteiger partial charge in [-0.25, -0.2) is 4.21 Å². The van der Waals surface area contributed by atoms with Crippen LogP contribution in [0.5, 0.6) is 0 Å². The van der Waals surface area contributed by atoms with Gasteiger partial charge in [-0.1, -0.05) is 32.9 Å². The highest BCUT2D eigenvalue weighted by Crippen LogP contribution is 2.35. The minimum atomic E-state index is -1.84. The predicted octanol–water partition coefficient (Wildman–Crippen LogP) is 2.73. The third kappa shape index (κ3) is 5.37. The van der Waals surface area contributed by atoms with E-state index in [9.17, 15) is 9.00 Å². The summed E-state index contributed by atoms with van der Waals surface area (Å²) in [5, 5.41) is 2.80.